The van der Waals surface area contributed by atoms with E-state index in [2.05, 4.69) is 25.7 Å². The van der Waals surface area contributed by atoms with Crippen LogP contribution in [0.2, 0.25) is 0 Å². The Morgan fingerprint density at radius 2 is 2.13 bits per heavy atom. The van der Waals surface area contributed by atoms with Crippen molar-refractivity contribution in [3.05, 3.63) is 0 Å². The summed E-state index contributed by atoms with van der Waals surface area (Å²) in [5.41, 5.74) is 6.20. The second-order valence-corrected chi connectivity index (χ2v) is 5.23. The Bertz CT molecular complexity index is 170. The molecule has 0 aromatic carbocycles. The highest BCUT2D eigenvalue weighted by molar-refractivity contribution is 4.78. The lowest BCUT2D eigenvalue weighted by atomic mass is 9.93. The van der Waals surface area contributed by atoms with E-state index in [1.165, 1.54) is 38.8 Å². The minimum Gasteiger partial charge on any atom is -0.326 e. The molecule has 1 fully saturated rings. The van der Waals surface area contributed by atoms with Crippen molar-refractivity contribution >= 4 is 0 Å². The zero-order valence-corrected chi connectivity index (χ0v) is 10.7. The van der Waals surface area contributed by atoms with Crippen LogP contribution in [0.1, 0.15) is 46.5 Å². The highest BCUT2D eigenvalue weighted by atomic mass is 15.1. The molecule has 1 rings (SSSR count). The lowest BCUT2D eigenvalue weighted by Crippen LogP contribution is -2.45. The highest BCUT2D eigenvalue weighted by Gasteiger charge is 2.21. The van der Waals surface area contributed by atoms with Crippen molar-refractivity contribution in [2.75, 3.05) is 19.6 Å². The van der Waals surface area contributed by atoms with Gasteiger partial charge >= 0.3 is 0 Å². The van der Waals surface area contributed by atoms with E-state index in [0.29, 0.717) is 12.0 Å². The van der Waals surface area contributed by atoms with E-state index in [9.17, 15) is 0 Å². The van der Waals surface area contributed by atoms with Crippen LogP contribution in [0.15, 0.2) is 0 Å². The van der Waals surface area contributed by atoms with Gasteiger partial charge in [-0.2, -0.15) is 0 Å². The molecule has 2 nitrogen and oxygen atoms in total. The standard InChI is InChI=1S/C13H28N2/c1-4-11(3)13(14)10-15-8-6-7-12(5-2)9-15/h11-13H,4-10,14H2,1-3H3. The molecule has 1 saturated heterocycles. The predicted molar refractivity (Wildman–Crippen MR) is 66.9 cm³/mol. The molecule has 1 aliphatic heterocycles. The molecule has 2 heteroatoms. The van der Waals surface area contributed by atoms with Crippen LogP contribution in [-0.4, -0.2) is 30.6 Å². The van der Waals surface area contributed by atoms with Crippen LogP contribution in [0.25, 0.3) is 0 Å². The van der Waals surface area contributed by atoms with Gasteiger partial charge in [-0.05, 0) is 31.2 Å². The second kappa shape index (κ2) is 6.49. The molecule has 90 valence electrons. The first kappa shape index (κ1) is 13.0. The maximum absolute atomic E-state index is 6.20. The van der Waals surface area contributed by atoms with Crippen molar-refractivity contribution in [3.63, 3.8) is 0 Å². The van der Waals surface area contributed by atoms with Gasteiger partial charge in [0.2, 0.25) is 0 Å². The SMILES string of the molecule is CCC1CCCN(CC(N)C(C)CC)C1. The molecule has 0 bridgehead atoms. The summed E-state index contributed by atoms with van der Waals surface area (Å²) in [5, 5.41) is 0. The first-order valence-electron chi connectivity index (χ1n) is 6.65. The Balaban J connectivity index is 2.31. The molecule has 3 atom stereocenters. The lowest BCUT2D eigenvalue weighted by Gasteiger charge is -2.35. The molecule has 0 saturated carbocycles. The van der Waals surface area contributed by atoms with Crippen LogP contribution >= 0.6 is 0 Å². The van der Waals surface area contributed by atoms with E-state index < -0.39 is 0 Å². The average Bonchev–Trinajstić information content (AvgIpc) is 2.28. The van der Waals surface area contributed by atoms with Gasteiger partial charge in [-0.25, -0.2) is 0 Å². The molecule has 0 aromatic rings. The van der Waals surface area contributed by atoms with Crippen molar-refractivity contribution in [2.45, 2.75) is 52.5 Å². The zero-order valence-electron chi connectivity index (χ0n) is 10.7. The molecule has 0 spiro atoms. The number of hydrogen-bond acceptors (Lipinski definition) is 2. The first-order chi connectivity index (χ1) is 7.17. The lowest BCUT2D eigenvalue weighted by molar-refractivity contribution is 0.152. The molecule has 15 heavy (non-hydrogen) atoms. The van der Waals surface area contributed by atoms with Crippen LogP contribution in [0, 0.1) is 11.8 Å². The third-order valence-electron chi connectivity index (χ3n) is 4.02. The van der Waals surface area contributed by atoms with Gasteiger partial charge < -0.3 is 10.6 Å². The molecular formula is C13H28N2. The van der Waals surface area contributed by atoms with Crippen molar-refractivity contribution in [2.24, 2.45) is 17.6 Å². The van der Waals surface area contributed by atoms with E-state index in [0.717, 1.165) is 12.5 Å². The maximum atomic E-state index is 6.20. The summed E-state index contributed by atoms with van der Waals surface area (Å²) in [5.74, 6) is 1.58. The maximum Gasteiger partial charge on any atom is 0.0193 e. The zero-order chi connectivity index (χ0) is 11.3. The Hall–Kier alpha value is -0.0800. The second-order valence-electron chi connectivity index (χ2n) is 5.23. The Morgan fingerprint density at radius 1 is 1.40 bits per heavy atom. The topological polar surface area (TPSA) is 29.3 Å². The fourth-order valence-corrected chi connectivity index (χ4v) is 2.43. The Labute approximate surface area is 95.2 Å². The number of piperidine rings is 1. The fourth-order valence-electron chi connectivity index (χ4n) is 2.43. The fraction of sp³-hybridized carbons (Fsp3) is 1.00. The van der Waals surface area contributed by atoms with Crippen molar-refractivity contribution in [3.8, 4) is 0 Å². The van der Waals surface area contributed by atoms with E-state index in [-0.39, 0.29) is 0 Å². The van der Waals surface area contributed by atoms with Crippen LogP contribution in [-0.2, 0) is 0 Å². The summed E-state index contributed by atoms with van der Waals surface area (Å²) in [4.78, 5) is 2.58. The minimum atomic E-state index is 0.366. The molecule has 1 heterocycles. The molecule has 0 aromatic heterocycles. The summed E-state index contributed by atoms with van der Waals surface area (Å²) < 4.78 is 0. The van der Waals surface area contributed by atoms with Gasteiger partial charge in [0.25, 0.3) is 0 Å². The van der Waals surface area contributed by atoms with Crippen molar-refractivity contribution in [1.82, 2.24) is 4.90 Å². The number of nitrogens with zero attached hydrogens (tertiary/aromatic N) is 1. The van der Waals surface area contributed by atoms with E-state index in [4.69, 9.17) is 5.73 Å². The van der Waals surface area contributed by atoms with Crippen LogP contribution in [0.3, 0.4) is 0 Å². The summed E-state index contributed by atoms with van der Waals surface area (Å²) in [6, 6.07) is 0.366. The molecular weight excluding hydrogens is 184 g/mol. The monoisotopic (exact) mass is 212 g/mol. The number of hydrogen-bond donors (Lipinski definition) is 1. The van der Waals surface area contributed by atoms with Gasteiger partial charge in [0.1, 0.15) is 0 Å². The molecule has 0 amide bonds. The normalized spacial score (nSPS) is 27.6. The molecule has 2 N–H and O–H groups in total. The van der Waals surface area contributed by atoms with Crippen LogP contribution < -0.4 is 5.73 Å². The summed E-state index contributed by atoms with van der Waals surface area (Å²) in [6.07, 6.45) is 5.32. The molecule has 0 radical (unpaired) electrons. The van der Waals surface area contributed by atoms with Crippen LogP contribution in [0.5, 0.6) is 0 Å². The third kappa shape index (κ3) is 4.12. The quantitative estimate of drug-likeness (QED) is 0.758. The van der Waals surface area contributed by atoms with Crippen LogP contribution in [0.4, 0.5) is 0 Å². The van der Waals surface area contributed by atoms with Gasteiger partial charge in [-0.1, -0.05) is 33.6 Å². The van der Waals surface area contributed by atoms with Gasteiger partial charge in [0.05, 0.1) is 0 Å². The number of nitrogens with two attached hydrogens (primary N) is 1. The molecule has 1 aliphatic rings. The number of rotatable bonds is 5. The summed E-state index contributed by atoms with van der Waals surface area (Å²) in [7, 11) is 0. The van der Waals surface area contributed by atoms with Gasteiger partial charge in [0, 0.05) is 19.1 Å². The Kier molecular flexibility index (Phi) is 5.62. The molecule has 3 unspecified atom stereocenters. The summed E-state index contributed by atoms with van der Waals surface area (Å²) >= 11 is 0. The average molecular weight is 212 g/mol. The van der Waals surface area contributed by atoms with Gasteiger partial charge in [0.15, 0.2) is 0 Å². The Morgan fingerprint density at radius 3 is 2.73 bits per heavy atom. The predicted octanol–water partition coefficient (Wildman–Crippen LogP) is 2.48. The summed E-state index contributed by atoms with van der Waals surface area (Å²) in [6.45, 7) is 10.5. The van der Waals surface area contributed by atoms with E-state index >= 15 is 0 Å². The van der Waals surface area contributed by atoms with E-state index in [1.807, 2.05) is 0 Å². The highest BCUT2D eigenvalue weighted by Crippen LogP contribution is 2.20. The number of likely N-dealkylation sites (tertiary alicyclic amines) is 1. The van der Waals surface area contributed by atoms with Crippen molar-refractivity contribution in [1.29, 1.82) is 0 Å². The molecule has 0 aliphatic carbocycles. The largest absolute Gasteiger partial charge is 0.326 e. The third-order valence-corrected chi connectivity index (χ3v) is 4.02. The minimum absolute atomic E-state index is 0.366. The van der Waals surface area contributed by atoms with E-state index in [1.54, 1.807) is 0 Å². The van der Waals surface area contributed by atoms with Crippen molar-refractivity contribution < 1.29 is 0 Å². The smallest absolute Gasteiger partial charge is 0.0193 e. The van der Waals surface area contributed by atoms with Gasteiger partial charge in [-0.3, -0.25) is 0 Å². The first-order valence-corrected chi connectivity index (χ1v) is 6.65. The van der Waals surface area contributed by atoms with Gasteiger partial charge in [-0.15, -0.1) is 0 Å².